The molecular weight excluding hydrogens is 978 g/mol. The van der Waals surface area contributed by atoms with Crippen LogP contribution in [0.2, 0.25) is 0 Å². The number of benzene rings is 3. The van der Waals surface area contributed by atoms with Crippen LogP contribution in [0.15, 0.2) is 94.9 Å². The van der Waals surface area contributed by atoms with E-state index in [9.17, 15) is 38.7 Å². The number of pyridine rings is 2. The number of fused-ring (bicyclic) bond motifs is 2. The molecule has 3 aromatic carbocycles. The Balaban J connectivity index is 0.641. The van der Waals surface area contributed by atoms with Gasteiger partial charge in [-0.05, 0) is 97.4 Å². The predicted octanol–water partition coefficient (Wildman–Crippen LogP) is 4.94. The van der Waals surface area contributed by atoms with Gasteiger partial charge in [-0.25, -0.2) is 14.4 Å². The number of halogens is 1. The lowest BCUT2D eigenvalue weighted by atomic mass is 9.99. The van der Waals surface area contributed by atoms with Crippen molar-refractivity contribution in [1.82, 2.24) is 34.2 Å². The first kappa shape index (κ1) is 51.7. The lowest BCUT2D eigenvalue weighted by Crippen LogP contribution is -2.54. The van der Waals surface area contributed by atoms with Crippen LogP contribution < -0.4 is 26.7 Å². The van der Waals surface area contributed by atoms with Crippen LogP contribution in [0.3, 0.4) is 0 Å². The summed E-state index contributed by atoms with van der Waals surface area (Å²) in [7, 11) is 1.60. The molecule has 1 atom stereocenters. The number of aryl methyl sites for hydroxylation is 2. The number of rotatable bonds is 21. The number of nitrogens with zero attached hydrogens (tertiary/aromatic N) is 7. The van der Waals surface area contributed by atoms with E-state index in [2.05, 4.69) is 30.4 Å². The molecule has 0 bridgehead atoms. The van der Waals surface area contributed by atoms with Gasteiger partial charge in [-0.15, -0.1) is 0 Å². The van der Waals surface area contributed by atoms with E-state index in [1.807, 2.05) is 12.1 Å². The van der Waals surface area contributed by atoms with Crippen molar-refractivity contribution in [3.63, 3.8) is 0 Å². The van der Waals surface area contributed by atoms with E-state index in [1.54, 1.807) is 74.2 Å². The van der Waals surface area contributed by atoms with Crippen LogP contribution in [-0.4, -0.2) is 129 Å². The van der Waals surface area contributed by atoms with Gasteiger partial charge in [-0.3, -0.25) is 53.2 Å². The lowest BCUT2D eigenvalue weighted by Gasteiger charge is -2.35. The second-order valence-corrected chi connectivity index (χ2v) is 19.6. The summed E-state index contributed by atoms with van der Waals surface area (Å²) in [5.41, 5.74) is 3.64. The van der Waals surface area contributed by atoms with E-state index in [0.717, 1.165) is 61.7 Å². The Morgan fingerprint density at radius 2 is 1.66 bits per heavy atom. The van der Waals surface area contributed by atoms with E-state index < -0.39 is 53.2 Å². The molecule has 6 aromatic rings. The third kappa shape index (κ3) is 11.0. The minimum absolute atomic E-state index is 0.0174. The van der Waals surface area contributed by atoms with Crippen molar-refractivity contribution in [3.8, 4) is 16.9 Å². The molecule has 20 heteroatoms. The zero-order chi connectivity index (χ0) is 53.0. The third-order valence-electron chi connectivity index (χ3n) is 14.5. The summed E-state index contributed by atoms with van der Waals surface area (Å²) in [6.45, 7) is 4.70. The number of imide groups is 2. The fourth-order valence-corrected chi connectivity index (χ4v) is 10.3. The fourth-order valence-electron chi connectivity index (χ4n) is 10.3. The molecule has 3 aliphatic heterocycles. The van der Waals surface area contributed by atoms with Gasteiger partial charge in [0.15, 0.2) is 11.6 Å². The Morgan fingerprint density at radius 3 is 2.42 bits per heavy atom. The van der Waals surface area contributed by atoms with E-state index in [4.69, 9.17) is 9.47 Å². The fraction of sp³-hybridized carbons (Fsp3) is 0.375. The van der Waals surface area contributed by atoms with Gasteiger partial charge >= 0.3 is 0 Å². The molecule has 76 heavy (non-hydrogen) atoms. The Kier molecular flexibility index (Phi) is 15.4. The number of aliphatic hydroxyl groups excluding tert-OH is 1. The molecule has 4 amide bonds. The van der Waals surface area contributed by atoms with Crippen LogP contribution in [0, 0.1) is 5.82 Å². The number of piperidine rings is 1. The standard InChI is InChI=1S/C56H58FN9O10/c1-62-31-44(40-9-3-11-45(42(40)32-67)65-19-18-36-28-37(34-12-13-34)29-43(57)50(36)54(65)72)59-51(56(62)74)60-47-16-14-38(30-58-47)64-22-20-63(21-23-64)24-27-75-25-5-8-39(68)33-76-26-4-7-35-6-2-10-41-49(35)55(73)66(53(41)71)46-15-17-48(69)61-52(46)70/h2-3,6,9-11,14,16,18-19,28-31,34,46,67H,4-5,7-8,12-13,15,17,20-27,32-33H2,1H3,(H,58,59,60)(H,61,69,70). The molecular formula is C56H58FN9O10. The van der Waals surface area contributed by atoms with Crippen molar-refractivity contribution in [2.24, 2.45) is 7.05 Å². The number of piperazine rings is 1. The number of ether oxygens (including phenoxy) is 2. The smallest absolute Gasteiger partial charge is 0.293 e. The predicted molar refractivity (Wildman–Crippen MR) is 279 cm³/mol. The highest BCUT2D eigenvalue weighted by atomic mass is 19.1. The zero-order valence-electron chi connectivity index (χ0n) is 42.1. The summed E-state index contributed by atoms with van der Waals surface area (Å²) in [6.07, 6.45) is 8.89. The maximum Gasteiger partial charge on any atom is 0.293 e. The normalized spacial score (nSPS) is 16.9. The summed E-state index contributed by atoms with van der Waals surface area (Å²) < 4.78 is 29.6. The maximum atomic E-state index is 15.4. The van der Waals surface area contributed by atoms with Crippen molar-refractivity contribution in [2.75, 3.05) is 69.4 Å². The molecule has 1 saturated carbocycles. The van der Waals surface area contributed by atoms with Gasteiger partial charge in [0.2, 0.25) is 11.8 Å². The summed E-state index contributed by atoms with van der Waals surface area (Å²) in [5, 5.41) is 16.5. The van der Waals surface area contributed by atoms with Crippen molar-refractivity contribution in [3.05, 3.63) is 140 Å². The SMILES string of the molecule is Cn1cc(-c2cccc(-n3ccc4cc(C5CC5)cc(F)c4c3=O)c2CO)nc(Nc2ccc(N3CCN(CCOCCCC(=O)COCCCc4cccc5c4C(=O)N(C4CCC(=O)NC4=O)C5=O)CC3)cn2)c1=O. The van der Waals surface area contributed by atoms with Crippen molar-refractivity contribution < 1.29 is 42.9 Å². The number of aliphatic hydroxyl groups is 1. The first-order valence-corrected chi connectivity index (χ1v) is 25.7. The second-order valence-electron chi connectivity index (χ2n) is 19.6. The highest BCUT2D eigenvalue weighted by molar-refractivity contribution is 6.24. The Hall–Kier alpha value is -7.78. The van der Waals surface area contributed by atoms with Crippen LogP contribution in [0.5, 0.6) is 0 Å². The Labute approximate surface area is 436 Å². The number of aromatic nitrogens is 4. The molecule has 10 rings (SSSR count). The van der Waals surface area contributed by atoms with Gasteiger partial charge in [0, 0.05) is 89.3 Å². The van der Waals surface area contributed by atoms with Gasteiger partial charge in [0.1, 0.15) is 24.3 Å². The van der Waals surface area contributed by atoms with E-state index in [-0.39, 0.29) is 54.2 Å². The first-order chi connectivity index (χ1) is 36.9. The molecule has 394 valence electrons. The number of nitrogens with one attached hydrogen (secondary N) is 2. The second kappa shape index (κ2) is 22.6. The van der Waals surface area contributed by atoms with Gasteiger partial charge in [0.05, 0.1) is 53.0 Å². The number of anilines is 3. The number of hydrogen-bond donors (Lipinski definition) is 3. The molecule has 0 radical (unpaired) electrons. The van der Waals surface area contributed by atoms with Gasteiger partial charge < -0.3 is 29.4 Å². The zero-order valence-corrected chi connectivity index (χ0v) is 42.1. The minimum Gasteiger partial charge on any atom is -0.392 e. The molecule has 0 spiro atoms. The van der Waals surface area contributed by atoms with Crippen LogP contribution in [0.25, 0.3) is 27.7 Å². The largest absolute Gasteiger partial charge is 0.392 e. The summed E-state index contributed by atoms with van der Waals surface area (Å²) in [4.78, 5) is 105. The molecule has 1 unspecified atom stereocenters. The van der Waals surface area contributed by atoms with Crippen LogP contribution in [-0.2, 0) is 43.9 Å². The molecule has 3 fully saturated rings. The summed E-state index contributed by atoms with van der Waals surface area (Å²) in [6, 6.07) is 17.9. The van der Waals surface area contributed by atoms with Gasteiger partial charge in [-0.1, -0.05) is 30.3 Å². The van der Waals surface area contributed by atoms with Crippen molar-refractivity contribution in [2.45, 2.75) is 69.9 Å². The Bertz CT molecular complexity index is 3370. The molecule has 4 aliphatic rings. The third-order valence-corrected chi connectivity index (χ3v) is 14.5. The van der Waals surface area contributed by atoms with Crippen LogP contribution >= 0.6 is 0 Å². The van der Waals surface area contributed by atoms with Crippen molar-refractivity contribution in [1.29, 1.82) is 0 Å². The maximum absolute atomic E-state index is 15.4. The summed E-state index contributed by atoms with van der Waals surface area (Å²) in [5.74, 6) is -2.03. The molecule has 3 N–H and O–H groups in total. The lowest BCUT2D eigenvalue weighted by molar-refractivity contribution is -0.136. The number of carbonyl (C=O) groups is 5. The summed E-state index contributed by atoms with van der Waals surface area (Å²) >= 11 is 0. The average Bonchev–Trinajstić information content (AvgIpc) is 4.25. The number of Topliss-reactive ketones (excluding diaryl/α,β-unsaturated/α-hetero) is 1. The monoisotopic (exact) mass is 1040 g/mol. The van der Waals surface area contributed by atoms with E-state index in [1.165, 1.54) is 15.2 Å². The van der Waals surface area contributed by atoms with E-state index in [0.29, 0.717) is 84.1 Å². The number of amides is 4. The quantitative estimate of drug-likeness (QED) is 0.0641. The van der Waals surface area contributed by atoms with Crippen LogP contribution in [0.4, 0.5) is 21.7 Å². The molecule has 19 nitrogen and oxygen atoms in total. The van der Waals surface area contributed by atoms with Gasteiger partial charge in [-0.2, -0.15) is 0 Å². The van der Waals surface area contributed by atoms with Crippen LogP contribution in [0.1, 0.15) is 88.3 Å². The first-order valence-electron chi connectivity index (χ1n) is 25.7. The van der Waals surface area contributed by atoms with E-state index >= 15 is 4.39 Å². The molecule has 2 saturated heterocycles. The number of carbonyl (C=O) groups excluding carboxylic acids is 5. The molecule has 3 aromatic heterocycles. The average molecular weight is 1040 g/mol. The highest BCUT2D eigenvalue weighted by Crippen LogP contribution is 2.41. The molecule has 1 aliphatic carbocycles. The topological polar surface area (TPSA) is 228 Å². The number of ketones is 1. The Morgan fingerprint density at radius 1 is 0.868 bits per heavy atom. The molecule has 6 heterocycles. The highest BCUT2D eigenvalue weighted by Gasteiger charge is 2.45. The minimum atomic E-state index is -1.03. The van der Waals surface area contributed by atoms with Gasteiger partial charge in [0.25, 0.3) is 22.9 Å². The number of hydrogen-bond acceptors (Lipinski definition) is 15. The van der Waals surface area contributed by atoms with Crippen molar-refractivity contribution >= 4 is 57.5 Å².